The van der Waals surface area contributed by atoms with Crippen LogP contribution in [0.4, 0.5) is 0 Å². The summed E-state index contributed by atoms with van der Waals surface area (Å²) in [5.41, 5.74) is 2.15. The zero-order chi connectivity index (χ0) is 21.3. The van der Waals surface area contributed by atoms with Crippen LogP contribution in [0, 0.1) is 6.92 Å². The Balaban J connectivity index is 2.03. The van der Waals surface area contributed by atoms with E-state index < -0.39 is 9.84 Å². The van der Waals surface area contributed by atoms with Crippen LogP contribution in [0.2, 0.25) is 0 Å². The molecule has 0 aliphatic heterocycles. The molecule has 0 radical (unpaired) electrons. The molecule has 0 saturated carbocycles. The molecule has 0 saturated heterocycles. The minimum absolute atomic E-state index is 0.00292. The lowest BCUT2D eigenvalue weighted by Gasteiger charge is -2.21. The summed E-state index contributed by atoms with van der Waals surface area (Å²) in [6.45, 7) is 7.06. The molecule has 6 nitrogen and oxygen atoms in total. The quantitative estimate of drug-likeness (QED) is 0.483. The van der Waals surface area contributed by atoms with Crippen molar-refractivity contribution >= 4 is 15.8 Å². The van der Waals surface area contributed by atoms with E-state index in [0.29, 0.717) is 30.4 Å². The smallest absolute Gasteiger partial charge is 0.191 e. The predicted octanol–water partition coefficient (Wildman–Crippen LogP) is 3.31. The van der Waals surface area contributed by atoms with Crippen LogP contribution in [-0.2, 0) is 16.4 Å². The van der Waals surface area contributed by atoms with Crippen LogP contribution in [0.5, 0.6) is 5.75 Å². The summed E-state index contributed by atoms with van der Waals surface area (Å²) in [4.78, 5) is 4.58. The van der Waals surface area contributed by atoms with Crippen LogP contribution in [-0.4, -0.2) is 39.8 Å². The highest BCUT2D eigenvalue weighted by atomic mass is 32.2. The number of aryl methyl sites for hydroxylation is 1. The van der Waals surface area contributed by atoms with E-state index in [1.807, 2.05) is 45.0 Å². The molecule has 7 heteroatoms. The van der Waals surface area contributed by atoms with Gasteiger partial charge >= 0.3 is 0 Å². The van der Waals surface area contributed by atoms with Crippen LogP contribution in [0.3, 0.4) is 0 Å². The van der Waals surface area contributed by atoms with Crippen molar-refractivity contribution in [3.8, 4) is 5.75 Å². The van der Waals surface area contributed by atoms with E-state index >= 15 is 0 Å². The Bertz CT molecular complexity index is 912. The maximum atomic E-state index is 12.7. The summed E-state index contributed by atoms with van der Waals surface area (Å²) in [6.07, 6.45) is 0.654. The minimum Gasteiger partial charge on any atom is -0.494 e. The zero-order valence-corrected chi connectivity index (χ0v) is 18.4. The van der Waals surface area contributed by atoms with E-state index in [0.717, 1.165) is 16.9 Å². The van der Waals surface area contributed by atoms with Crippen LogP contribution >= 0.6 is 0 Å². The van der Waals surface area contributed by atoms with E-state index in [2.05, 4.69) is 15.6 Å². The Kier molecular flexibility index (Phi) is 8.51. The molecule has 1 unspecified atom stereocenters. The molecule has 0 aliphatic rings. The number of rotatable bonds is 9. The van der Waals surface area contributed by atoms with Crippen LogP contribution in [0.15, 0.2) is 58.4 Å². The summed E-state index contributed by atoms with van der Waals surface area (Å²) in [7, 11) is -1.70. The number of ether oxygens (including phenoxy) is 1. The van der Waals surface area contributed by atoms with Gasteiger partial charge in [0, 0.05) is 25.2 Å². The van der Waals surface area contributed by atoms with Gasteiger partial charge in [0.25, 0.3) is 0 Å². The van der Waals surface area contributed by atoms with Crippen molar-refractivity contribution in [1.29, 1.82) is 0 Å². The number of nitrogens with zero attached hydrogens (tertiary/aromatic N) is 1. The van der Waals surface area contributed by atoms with E-state index in [9.17, 15) is 8.42 Å². The molecular formula is C22H31N3O3S. The average Bonchev–Trinajstić information content (AvgIpc) is 2.72. The molecule has 0 amide bonds. The summed E-state index contributed by atoms with van der Waals surface area (Å²) in [5, 5.41) is 6.49. The molecule has 158 valence electrons. The lowest BCUT2D eigenvalue weighted by molar-refractivity contribution is 0.336. The first kappa shape index (κ1) is 22.7. The third kappa shape index (κ3) is 6.78. The van der Waals surface area contributed by atoms with Gasteiger partial charge in [-0.25, -0.2) is 8.42 Å². The maximum absolute atomic E-state index is 12.7. The van der Waals surface area contributed by atoms with Crippen molar-refractivity contribution in [3.05, 3.63) is 59.7 Å². The molecule has 0 spiro atoms. The zero-order valence-electron chi connectivity index (χ0n) is 17.6. The highest BCUT2D eigenvalue weighted by Crippen LogP contribution is 2.20. The lowest BCUT2D eigenvalue weighted by Crippen LogP contribution is -2.45. The Morgan fingerprint density at radius 3 is 2.48 bits per heavy atom. The highest BCUT2D eigenvalue weighted by molar-refractivity contribution is 7.91. The van der Waals surface area contributed by atoms with Gasteiger partial charge in [-0.1, -0.05) is 37.3 Å². The van der Waals surface area contributed by atoms with Crippen molar-refractivity contribution in [2.75, 3.05) is 19.4 Å². The van der Waals surface area contributed by atoms with Gasteiger partial charge < -0.3 is 15.4 Å². The standard InChI is InChI=1S/C22H31N3O3S/c1-5-19(16-29(26,27)20-10-8-7-9-11-20)25-22(23-4)24-15-18-13-12-17(3)14-21(18)28-6-2/h7-14,19H,5-6,15-16H2,1-4H3,(H2,23,24,25). The van der Waals surface area contributed by atoms with Gasteiger partial charge in [-0.3, -0.25) is 4.99 Å². The molecule has 1 atom stereocenters. The first-order valence-electron chi connectivity index (χ1n) is 9.86. The fourth-order valence-corrected chi connectivity index (χ4v) is 4.53. The lowest BCUT2D eigenvalue weighted by atomic mass is 10.1. The summed E-state index contributed by atoms with van der Waals surface area (Å²) >= 11 is 0. The number of guanidine groups is 1. The normalized spacial score (nSPS) is 13.0. The summed E-state index contributed by atoms with van der Waals surface area (Å²) < 4.78 is 31.1. The molecule has 0 fully saturated rings. The molecule has 2 N–H and O–H groups in total. The van der Waals surface area contributed by atoms with Crippen LogP contribution < -0.4 is 15.4 Å². The molecule has 0 heterocycles. The van der Waals surface area contributed by atoms with Gasteiger partial charge in [-0.05, 0) is 44.0 Å². The van der Waals surface area contributed by atoms with Gasteiger partial charge in [0.1, 0.15) is 5.75 Å². The molecule has 2 aromatic carbocycles. The first-order valence-corrected chi connectivity index (χ1v) is 11.5. The summed E-state index contributed by atoms with van der Waals surface area (Å²) in [6, 6.07) is 14.4. The van der Waals surface area contributed by atoms with E-state index in [-0.39, 0.29) is 11.8 Å². The number of benzene rings is 2. The van der Waals surface area contributed by atoms with E-state index in [1.54, 1.807) is 31.3 Å². The second kappa shape index (κ2) is 10.9. The van der Waals surface area contributed by atoms with Gasteiger partial charge in [-0.2, -0.15) is 0 Å². The predicted molar refractivity (Wildman–Crippen MR) is 118 cm³/mol. The van der Waals surface area contributed by atoms with Crippen LogP contribution in [0.1, 0.15) is 31.4 Å². The molecular weight excluding hydrogens is 386 g/mol. The van der Waals surface area contributed by atoms with Gasteiger partial charge in [-0.15, -0.1) is 0 Å². The number of aliphatic imine (C=N–C) groups is 1. The third-order valence-electron chi connectivity index (χ3n) is 4.55. The minimum atomic E-state index is -3.38. The average molecular weight is 418 g/mol. The monoisotopic (exact) mass is 417 g/mol. The first-order chi connectivity index (χ1) is 13.9. The van der Waals surface area contributed by atoms with Crippen molar-refractivity contribution < 1.29 is 13.2 Å². The van der Waals surface area contributed by atoms with Gasteiger partial charge in [0.2, 0.25) is 0 Å². The van der Waals surface area contributed by atoms with Gasteiger partial charge in [0.05, 0.1) is 17.3 Å². The van der Waals surface area contributed by atoms with E-state index in [1.165, 1.54) is 0 Å². The topological polar surface area (TPSA) is 79.8 Å². The van der Waals surface area contributed by atoms with Crippen molar-refractivity contribution in [2.24, 2.45) is 4.99 Å². The summed E-state index contributed by atoms with van der Waals surface area (Å²) in [5.74, 6) is 1.40. The number of nitrogens with one attached hydrogen (secondary N) is 2. The van der Waals surface area contributed by atoms with Crippen molar-refractivity contribution in [3.63, 3.8) is 0 Å². The highest BCUT2D eigenvalue weighted by Gasteiger charge is 2.21. The molecule has 2 rings (SSSR count). The number of hydrogen-bond donors (Lipinski definition) is 2. The second-order valence-electron chi connectivity index (χ2n) is 6.81. The van der Waals surface area contributed by atoms with E-state index in [4.69, 9.17) is 4.74 Å². The Morgan fingerprint density at radius 2 is 1.86 bits per heavy atom. The molecule has 0 aliphatic carbocycles. The molecule has 0 bridgehead atoms. The number of hydrogen-bond acceptors (Lipinski definition) is 4. The second-order valence-corrected chi connectivity index (χ2v) is 8.85. The third-order valence-corrected chi connectivity index (χ3v) is 6.38. The SMILES string of the molecule is CCOc1cc(C)ccc1CNC(=NC)NC(CC)CS(=O)(=O)c1ccccc1. The Hall–Kier alpha value is -2.54. The maximum Gasteiger partial charge on any atom is 0.191 e. The van der Waals surface area contributed by atoms with Crippen LogP contribution in [0.25, 0.3) is 0 Å². The molecule has 2 aromatic rings. The number of sulfone groups is 1. The molecule has 0 aromatic heterocycles. The Morgan fingerprint density at radius 1 is 1.14 bits per heavy atom. The van der Waals surface area contributed by atoms with Crippen molar-refractivity contribution in [2.45, 2.75) is 44.7 Å². The largest absolute Gasteiger partial charge is 0.494 e. The fourth-order valence-electron chi connectivity index (χ4n) is 2.92. The van der Waals surface area contributed by atoms with Gasteiger partial charge in [0.15, 0.2) is 15.8 Å². The van der Waals surface area contributed by atoms with Crippen molar-refractivity contribution in [1.82, 2.24) is 10.6 Å². The molecule has 29 heavy (non-hydrogen) atoms. The fraction of sp³-hybridized carbons (Fsp3) is 0.409. The Labute approximate surface area is 174 Å².